The lowest BCUT2D eigenvalue weighted by Gasteiger charge is -1.92. The monoisotopic (exact) mass is 178 g/mol. The molecule has 1 aromatic heterocycles. The van der Waals surface area contributed by atoms with Gasteiger partial charge in [-0.05, 0) is 23.1 Å². The predicted octanol–water partition coefficient (Wildman–Crippen LogP) is 1.05. The summed E-state index contributed by atoms with van der Waals surface area (Å²) in [7, 11) is 0. The standard InChI is InChI=1S/C7H6N4O2/c8-4-1-2-6-5(3-4)7(10-9-6)11(12)13/h1-3H,8H2,(H,9,10). The van der Waals surface area contributed by atoms with E-state index in [4.69, 9.17) is 5.73 Å². The Morgan fingerprint density at radius 2 is 2.31 bits per heavy atom. The Balaban J connectivity index is 2.79. The molecule has 13 heavy (non-hydrogen) atoms. The van der Waals surface area contributed by atoms with Crippen LogP contribution in [0.2, 0.25) is 0 Å². The molecule has 0 unspecified atom stereocenters. The molecule has 0 bridgehead atoms. The molecule has 0 amide bonds. The van der Waals surface area contributed by atoms with Gasteiger partial charge in [0, 0.05) is 5.69 Å². The van der Waals surface area contributed by atoms with Gasteiger partial charge in [0.15, 0.2) is 0 Å². The Kier molecular flexibility index (Phi) is 1.42. The third-order valence-electron chi connectivity index (χ3n) is 1.74. The molecular formula is C7H6N4O2. The highest BCUT2D eigenvalue weighted by atomic mass is 16.6. The van der Waals surface area contributed by atoms with E-state index in [1.165, 1.54) is 6.07 Å². The largest absolute Gasteiger partial charge is 0.399 e. The molecule has 3 N–H and O–H groups in total. The molecule has 0 spiro atoms. The van der Waals surface area contributed by atoms with Crippen LogP contribution in [0.3, 0.4) is 0 Å². The number of nitrogens with two attached hydrogens (primary N) is 1. The average molecular weight is 178 g/mol. The van der Waals surface area contributed by atoms with Crippen LogP contribution < -0.4 is 5.73 Å². The van der Waals surface area contributed by atoms with E-state index in [1.807, 2.05) is 0 Å². The van der Waals surface area contributed by atoms with Gasteiger partial charge < -0.3 is 15.8 Å². The Morgan fingerprint density at radius 3 is 3.00 bits per heavy atom. The molecule has 1 heterocycles. The van der Waals surface area contributed by atoms with E-state index in [1.54, 1.807) is 12.1 Å². The maximum absolute atomic E-state index is 10.5. The van der Waals surface area contributed by atoms with Crippen LogP contribution in [0.15, 0.2) is 18.2 Å². The minimum atomic E-state index is -0.519. The van der Waals surface area contributed by atoms with Crippen molar-refractivity contribution >= 4 is 22.4 Å². The number of benzene rings is 1. The van der Waals surface area contributed by atoms with Gasteiger partial charge in [-0.25, -0.2) is 0 Å². The quantitative estimate of drug-likeness (QED) is 0.387. The van der Waals surface area contributed by atoms with Gasteiger partial charge in [-0.15, -0.1) is 5.10 Å². The van der Waals surface area contributed by atoms with Crippen molar-refractivity contribution in [2.45, 2.75) is 0 Å². The zero-order valence-electron chi connectivity index (χ0n) is 6.52. The number of aromatic amines is 1. The second kappa shape index (κ2) is 2.44. The number of anilines is 1. The molecule has 6 nitrogen and oxygen atoms in total. The lowest BCUT2D eigenvalue weighted by atomic mass is 10.2. The van der Waals surface area contributed by atoms with E-state index in [2.05, 4.69) is 10.2 Å². The summed E-state index contributed by atoms with van der Waals surface area (Å²) in [6, 6.07) is 4.80. The summed E-state index contributed by atoms with van der Waals surface area (Å²) in [5.74, 6) is -0.123. The number of rotatable bonds is 1. The molecule has 0 aliphatic rings. The van der Waals surface area contributed by atoms with E-state index in [0.717, 1.165) is 0 Å². The maximum atomic E-state index is 10.5. The summed E-state index contributed by atoms with van der Waals surface area (Å²) in [6.07, 6.45) is 0. The summed E-state index contributed by atoms with van der Waals surface area (Å²) in [6.45, 7) is 0. The fourth-order valence-electron chi connectivity index (χ4n) is 1.15. The third-order valence-corrected chi connectivity index (χ3v) is 1.74. The second-order valence-corrected chi connectivity index (χ2v) is 2.61. The third kappa shape index (κ3) is 1.08. The lowest BCUT2D eigenvalue weighted by Crippen LogP contribution is -1.88. The summed E-state index contributed by atoms with van der Waals surface area (Å²) in [5, 5.41) is 17.0. The van der Waals surface area contributed by atoms with Gasteiger partial charge >= 0.3 is 5.82 Å². The first kappa shape index (κ1) is 7.53. The highest BCUT2D eigenvalue weighted by Gasteiger charge is 2.13. The van der Waals surface area contributed by atoms with Crippen LogP contribution >= 0.6 is 0 Å². The fraction of sp³-hybridized carbons (Fsp3) is 0. The fourth-order valence-corrected chi connectivity index (χ4v) is 1.15. The van der Waals surface area contributed by atoms with Gasteiger partial charge in [0.2, 0.25) is 0 Å². The van der Waals surface area contributed by atoms with Gasteiger partial charge in [-0.3, -0.25) is 0 Å². The van der Waals surface area contributed by atoms with E-state index < -0.39 is 4.92 Å². The van der Waals surface area contributed by atoms with Crippen LogP contribution in [0, 0.1) is 10.1 Å². The van der Waals surface area contributed by atoms with Crippen LogP contribution in [-0.2, 0) is 0 Å². The number of H-pyrrole nitrogens is 1. The molecule has 6 heteroatoms. The number of nitrogen functional groups attached to an aromatic ring is 1. The first-order valence-electron chi connectivity index (χ1n) is 3.56. The Morgan fingerprint density at radius 1 is 1.54 bits per heavy atom. The van der Waals surface area contributed by atoms with Gasteiger partial charge in [0.25, 0.3) is 0 Å². The normalized spacial score (nSPS) is 10.5. The van der Waals surface area contributed by atoms with Crippen LogP contribution in [-0.4, -0.2) is 15.1 Å². The summed E-state index contributed by atoms with van der Waals surface area (Å²) in [4.78, 5) is 9.96. The topological polar surface area (TPSA) is 97.8 Å². The number of nitro groups is 1. The molecule has 0 radical (unpaired) electrons. The van der Waals surface area contributed by atoms with Crippen LogP contribution in [0.1, 0.15) is 0 Å². The minimum Gasteiger partial charge on any atom is -0.399 e. The van der Waals surface area contributed by atoms with Crippen LogP contribution in [0.25, 0.3) is 10.9 Å². The van der Waals surface area contributed by atoms with E-state index in [9.17, 15) is 10.1 Å². The molecule has 0 saturated heterocycles. The molecule has 2 aromatic rings. The number of fused-ring (bicyclic) bond motifs is 1. The van der Waals surface area contributed by atoms with Crippen molar-refractivity contribution in [2.75, 3.05) is 5.73 Å². The van der Waals surface area contributed by atoms with Crippen molar-refractivity contribution in [3.05, 3.63) is 28.3 Å². The molecule has 0 atom stereocenters. The smallest absolute Gasteiger partial charge is 0.350 e. The zero-order chi connectivity index (χ0) is 9.42. The number of nitrogens with one attached hydrogen (secondary N) is 1. The SMILES string of the molecule is Nc1ccc2n[nH]c([N+](=O)[O-])c2c1. The molecule has 66 valence electrons. The number of hydrogen-bond acceptors (Lipinski definition) is 4. The maximum Gasteiger partial charge on any atom is 0.350 e. The van der Waals surface area contributed by atoms with E-state index in [-0.39, 0.29) is 5.82 Å². The second-order valence-electron chi connectivity index (χ2n) is 2.61. The van der Waals surface area contributed by atoms with E-state index >= 15 is 0 Å². The van der Waals surface area contributed by atoms with E-state index in [0.29, 0.717) is 16.6 Å². The van der Waals surface area contributed by atoms with Crippen LogP contribution in [0.4, 0.5) is 11.5 Å². The van der Waals surface area contributed by atoms with Crippen molar-refractivity contribution in [1.29, 1.82) is 0 Å². The number of aromatic nitrogens is 2. The minimum absolute atomic E-state index is 0.123. The molecule has 0 saturated carbocycles. The first-order valence-corrected chi connectivity index (χ1v) is 3.56. The summed E-state index contributed by atoms with van der Waals surface area (Å²) >= 11 is 0. The molecule has 2 rings (SSSR count). The lowest BCUT2D eigenvalue weighted by molar-refractivity contribution is -0.387. The van der Waals surface area contributed by atoms with Crippen molar-refractivity contribution in [1.82, 2.24) is 10.2 Å². The average Bonchev–Trinajstić information content (AvgIpc) is 2.46. The van der Waals surface area contributed by atoms with Gasteiger partial charge in [0.1, 0.15) is 10.9 Å². The molecule has 0 fully saturated rings. The van der Waals surface area contributed by atoms with Crippen molar-refractivity contribution < 1.29 is 4.92 Å². The van der Waals surface area contributed by atoms with Crippen molar-refractivity contribution in [2.24, 2.45) is 0 Å². The summed E-state index contributed by atoms with van der Waals surface area (Å²) in [5.41, 5.74) is 6.51. The molecule has 0 aliphatic heterocycles. The van der Waals surface area contributed by atoms with Gasteiger partial charge in [-0.1, -0.05) is 5.10 Å². The van der Waals surface area contributed by atoms with Crippen molar-refractivity contribution in [3.63, 3.8) is 0 Å². The first-order chi connectivity index (χ1) is 6.18. The van der Waals surface area contributed by atoms with Gasteiger partial charge in [-0.2, -0.15) is 0 Å². The molecular weight excluding hydrogens is 172 g/mol. The zero-order valence-corrected chi connectivity index (χ0v) is 6.52. The molecule has 0 aliphatic carbocycles. The highest BCUT2D eigenvalue weighted by Crippen LogP contribution is 2.23. The Hall–Kier alpha value is -2.11. The predicted molar refractivity (Wildman–Crippen MR) is 47.2 cm³/mol. The highest BCUT2D eigenvalue weighted by molar-refractivity contribution is 5.88. The van der Waals surface area contributed by atoms with Gasteiger partial charge in [0.05, 0.1) is 0 Å². The number of nitrogens with zero attached hydrogens (tertiary/aromatic N) is 2. The number of hydrogen-bond donors (Lipinski definition) is 2. The van der Waals surface area contributed by atoms with Crippen LogP contribution in [0.5, 0.6) is 0 Å². The molecule has 1 aromatic carbocycles. The van der Waals surface area contributed by atoms with Crippen molar-refractivity contribution in [3.8, 4) is 0 Å². The Bertz CT molecular complexity index is 476. The Labute approximate surface area is 72.5 Å². The summed E-state index contributed by atoms with van der Waals surface area (Å²) < 4.78 is 0.